The van der Waals surface area contributed by atoms with Crippen LogP contribution in [0.15, 0.2) is 24.3 Å². The summed E-state index contributed by atoms with van der Waals surface area (Å²) >= 11 is 6.28. The number of nitrogens with zero attached hydrogens (tertiary/aromatic N) is 3. The van der Waals surface area contributed by atoms with Gasteiger partial charge in [-0.05, 0) is 44.0 Å². The fourth-order valence-corrected chi connectivity index (χ4v) is 3.76. The molecule has 0 unspecified atom stereocenters. The molecule has 1 heterocycles. The van der Waals surface area contributed by atoms with Gasteiger partial charge in [0.05, 0.1) is 17.5 Å². The zero-order valence-corrected chi connectivity index (χ0v) is 16.6. The lowest BCUT2D eigenvalue weighted by molar-refractivity contribution is -0.125. The van der Waals surface area contributed by atoms with Gasteiger partial charge in [0.1, 0.15) is 22.1 Å². The van der Waals surface area contributed by atoms with Gasteiger partial charge < -0.3 is 10.1 Å². The molecule has 29 heavy (non-hydrogen) atoms. The van der Waals surface area contributed by atoms with Crippen LogP contribution in [0.25, 0.3) is 5.69 Å². The standard InChI is InChI=1S/C20H20ClFN4O3/c1-13-17(18(21)26(25-13)15-7-5-14(22)6-8-15)19(28)29-11-16(27)24-20(12-23)9-3-2-4-10-20/h5-8H,2-4,9-11H2,1H3,(H,24,27). The highest BCUT2D eigenvalue weighted by atomic mass is 35.5. The van der Waals surface area contributed by atoms with Crippen LogP contribution < -0.4 is 5.32 Å². The van der Waals surface area contributed by atoms with E-state index in [9.17, 15) is 19.2 Å². The van der Waals surface area contributed by atoms with E-state index >= 15 is 0 Å². The number of nitrogens with one attached hydrogen (secondary N) is 1. The van der Waals surface area contributed by atoms with Crippen LogP contribution >= 0.6 is 11.6 Å². The summed E-state index contributed by atoms with van der Waals surface area (Å²) in [5.74, 6) is -1.75. The van der Waals surface area contributed by atoms with Crippen LogP contribution in [-0.2, 0) is 9.53 Å². The second kappa shape index (κ2) is 8.62. The van der Waals surface area contributed by atoms with Crippen LogP contribution in [0.4, 0.5) is 4.39 Å². The normalized spacial score (nSPS) is 15.4. The molecule has 0 spiro atoms. The molecule has 1 fully saturated rings. The average Bonchev–Trinajstić information content (AvgIpc) is 3.01. The zero-order valence-electron chi connectivity index (χ0n) is 15.9. The van der Waals surface area contributed by atoms with Crippen molar-refractivity contribution in [3.8, 4) is 11.8 Å². The van der Waals surface area contributed by atoms with E-state index in [-0.39, 0.29) is 10.7 Å². The Kier molecular flexibility index (Phi) is 6.18. The largest absolute Gasteiger partial charge is 0.452 e. The molecule has 1 aromatic heterocycles. The summed E-state index contributed by atoms with van der Waals surface area (Å²) in [7, 11) is 0. The van der Waals surface area contributed by atoms with Crippen molar-refractivity contribution in [2.75, 3.05) is 6.61 Å². The molecular formula is C20H20ClFN4O3. The second-order valence-corrected chi connectivity index (χ2v) is 7.38. The first-order valence-corrected chi connectivity index (χ1v) is 9.63. The minimum absolute atomic E-state index is 0.000270. The highest BCUT2D eigenvalue weighted by molar-refractivity contribution is 6.33. The number of rotatable bonds is 5. The van der Waals surface area contributed by atoms with E-state index in [1.807, 2.05) is 0 Å². The number of halogens is 2. The van der Waals surface area contributed by atoms with E-state index < -0.39 is 29.8 Å². The number of hydrogen-bond donors (Lipinski definition) is 1. The number of hydrogen-bond acceptors (Lipinski definition) is 5. The van der Waals surface area contributed by atoms with Crippen molar-refractivity contribution in [2.45, 2.75) is 44.6 Å². The maximum atomic E-state index is 13.1. The molecule has 0 aliphatic heterocycles. The molecule has 2 aromatic rings. The van der Waals surface area contributed by atoms with Gasteiger partial charge in [0.25, 0.3) is 5.91 Å². The average molecular weight is 419 g/mol. The smallest absolute Gasteiger partial charge is 0.343 e. The van der Waals surface area contributed by atoms with E-state index in [4.69, 9.17) is 16.3 Å². The number of carbonyl (C=O) groups is 2. The summed E-state index contributed by atoms with van der Waals surface area (Å²) in [5.41, 5.74) is -0.0884. The third-order valence-electron chi connectivity index (χ3n) is 4.91. The van der Waals surface area contributed by atoms with Crippen LogP contribution in [0, 0.1) is 24.1 Å². The van der Waals surface area contributed by atoms with Crippen molar-refractivity contribution in [1.82, 2.24) is 15.1 Å². The lowest BCUT2D eigenvalue weighted by Crippen LogP contribution is -2.50. The Hall–Kier alpha value is -2.92. The Morgan fingerprint density at radius 2 is 1.97 bits per heavy atom. The van der Waals surface area contributed by atoms with Crippen molar-refractivity contribution in [3.63, 3.8) is 0 Å². The van der Waals surface area contributed by atoms with Gasteiger partial charge in [0.2, 0.25) is 0 Å². The third-order valence-corrected chi connectivity index (χ3v) is 5.26. The van der Waals surface area contributed by atoms with Crippen molar-refractivity contribution < 1.29 is 18.7 Å². The van der Waals surface area contributed by atoms with Gasteiger partial charge in [0.15, 0.2) is 6.61 Å². The van der Waals surface area contributed by atoms with Crippen LogP contribution in [0.5, 0.6) is 0 Å². The quantitative estimate of drug-likeness (QED) is 0.750. The maximum Gasteiger partial charge on any atom is 0.343 e. The number of esters is 1. The lowest BCUT2D eigenvalue weighted by Gasteiger charge is -2.31. The predicted octanol–water partition coefficient (Wildman–Crippen LogP) is 3.47. The fourth-order valence-electron chi connectivity index (χ4n) is 3.41. The van der Waals surface area contributed by atoms with Crippen LogP contribution in [0.2, 0.25) is 5.15 Å². The van der Waals surface area contributed by atoms with E-state index in [1.165, 1.54) is 28.9 Å². The number of carbonyl (C=O) groups excluding carboxylic acids is 2. The Morgan fingerprint density at radius 1 is 1.31 bits per heavy atom. The van der Waals surface area contributed by atoms with Crippen molar-refractivity contribution >= 4 is 23.5 Å². The highest BCUT2D eigenvalue weighted by Crippen LogP contribution is 2.28. The molecule has 9 heteroatoms. The number of aromatic nitrogens is 2. The lowest BCUT2D eigenvalue weighted by atomic mass is 9.83. The minimum Gasteiger partial charge on any atom is -0.452 e. The third kappa shape index (κ3) is 4.57. The number of benzene rings is 1. The van der Waals surface area contributed by atoms with Crippen molar-refractivity contribution in [2.24, 2.45) is 0 Å². The summed E-state index contributed by atoms with van der Waals surface area (Å²) < 4.78 is 19.5. The Bertz CT molecular complexity index is 959. The molecule has 1 N–H and O–H groups in total. The zero-order chi connectivity index (χ0) is 21.0. The van der Waals surface area contributed by atoms with Gasteiger partial charge in [-0.3, -0.25) is 4.79 Å². The highest BCUT2D eigenvalue weighted by Gasteiger charge is 2.34. The minimum atomic E-state index is -0.900. The van der Waals surface area contributed by atoms with Gasteiger partial charge in [-0.15, -0.1) is 0 Å². The summed E-state index contributed by atoms with van der Waals surface area (Å²) in [6.45, 7) is 1.05. The Balaban J connectivity index is 1.67. The van der Waals surface area contributed by atoms with Gasteiger partial charge in [-0.1, -0.05) is 30.9 Å². The molecule has 0 bridgehead atoms. The van der Waals surface area contributed by atoms with E-state index in [2.05, 4.69) is 16.5 Å². The molecule has 1 aliphatic rings. The Labute approximate surface area is 172 Å². The number of ether oxygens (including phenoxy) is 1. The van der Waals surface area contributed by atoms with Crippen molar-refractivity contribution in [3.05, 3.63) is 46.5 Å². The molecule has 1 amide bonds. The van der Waals surface area contributed by atoms with Gasteiger partial charge in [-0.2, -0.15) is 10.4 Å². The van der Waals surface area contributed by atoms with E-state index in [0.29, 0.717) is 24.2 Å². The molecule has 0 saturated heterocycles. The predicted molar refractivity (Wildman–Crippen MR) is 103 cm³/mol. The first-order chi connectivity index (χ1) is 13.8. The number of aryl methyl sites for hydroxylation is 1. The van der Waals surface area contributed by atoms with E-state index in [0.717, 1.165) is 19.3 Å². The second-order valence-electron chi connectivity index (χ2n) is 7.02. The summed E-state index contributed by atoms with van der Waals surface area (Å²) in [6, 6.07) is 7.63. The van der Waals surface area contributed by atoms with Crippen LogP contribution in [0.1, 0.15) is 48.2 Å². The van der Waals surface area contributed by atoms with Crippen LogP contribution in [0.3, 0.4) is 0 Å². The molecule has 152 valence electrons. The summed E-state index contributed by atoms with van der Waals surface area (Å²) in [5, 5.41) is 16.3. The molecule has 0 atom stereocenters. The number of amides is 1. The molecule has 3 rings (SSSR count). The Morgan fingerprint density at radius 3 is 2.59 bits per heavy atom. The number of nitriles is 1. The monoisotopic (exact) mass is 418 g/mol. The topological polar surface area (TPSA) is 97.0 Å². The molecule has 7 nitrogen and oxygen atoms in total. The summed E-state index contributed by atoms with van der Waals surface area (Å²) in [6.07, 6.45) is 3.93. The fraction of sp³-hybridized carbons (Fsp3) is 0.400. The van der Waals surface area contributed by atoms with Gasteiger partial charge >= 0.3 is 5.97 Å². The van der Waals surface area contributed by atoms with E-state index in [1.54, 1.807) is 6.92 Å². The van der Waals surface area contributed by atoms with Gasteiger partial charge in [0, 0.05) is 0 Å². The molecular weight excluding hydrogens is 399 g/mol. The molecule has 1 saturated carbocycles. The van der Waals surface area contributed by atoms with Crippen molar-refractivity contribution in [1.29, 1.82) is 5.26 Å². The first-order valence-electron chi connectivity index (χ1n) is 9.26. The SMILES string of the molecule is Cc1nn(-c2ccc(F)cc2)c(Cl)c1C(=O)OCC(=O)NC1(C#N)CCCCC1. The molecule has 1 aromatic carbocycles. The van der Waals surface area contributed by atoms with Gasteiger partial charge in [-0.25, -0.2) is 13.9 Å². The summed E-state index contributed by atoms with van der Waals surface area (Å²) in [4.78, 5) is 24.7. The maximum absolute atomic E-state index is 13.1. The molecule has 1 aliphatic carbocycles. The first kappa shape index (κ1) is 20.8. The van der Waals surface area contributed by atoms with Crippen LogP contribution in [-0.4, -0.2) is 33.8 Å². The molecule has 0 radical (unpaired) electrons.